The fourth-order valence-electron chi connectivity index (χ4n) is 0.555. The van der Waals surface area contributed by atoms with Crippen LogP contribution in [0.3, 0.4) is 0 Å². The highest BCUT2D eigenvalue weighted by Gasteiger charge is 2.20. The van der Waals surface area contributed by atoms with Gasteiger partial charge in [-0.25, -0.2) is 4.72 Å². The van der Waals surface area contributed by atoms with Crippen LogP contribution < -0.4 is 10.9 Å². The van der Waals surface area contributed by atoms with Gasteiger partial charge in [0.2, 0.25) is 0 Å². The summed E-state index contributed by atoms with van der Waals surface area (Å²) in [4.78, 5) is 10.4. The molecule has 0 bridgehead atoms. The third kappa shape index (κ3) is 2.56. The van der Waals surface area contributed by atoms with E-state index in [2.05, 4.69) is 4.18 Å². The Morgan fingerprint density at radius 3 is 2.45 bits per heavy atom. The number of amides is 1. The van der Waals surface area contributed by atoms with Crippen molar-refractivity contribution in [2.75, 3.05) is 0 Å². The maximum Gasteiger partial charge on any atom is 0.409 e. The maximum absolute atomic E-state index is 10.5. The standard InChI is InChI=1S/C4H5NO4S.H3N/c1-3-2-4(6)5-10(7,8)9-3;/h2H,1H3,(H,5,6);1H3/p+1. The molecule has 0 fully saturated rings. The molecule has 0 saturated heterocycles. The summed E-state index contributed by atoms with van der Waals surface area (Å²) in [6.45, 7) is 1.39. The predicted octanol–water partition coefficient (Wildman–Crippen LogP) is -0.342. The summed E-state index contributed by atoms with van der Waals surface area (Å²) in [6, 6.07) is 0. The smallest absolute Gasteiger partial charge is 0.371 e. The summed E-state index contributed by atoms with van der Waals surface area (Å²) >= 11 is 0. The average molecular weight is 181 g/mol. The van der Waals surface area contributed by atoms with Gasteiger partial charge in [-0.1, -0.05) is 0 Å². The van der Waals surface area contributed by atoms with Crippen LogP contribution in [-0.4, -0.2) is 14.3 Å². The highest BCUT2D eigenvalue weighted by Crippen LogP contribution is 2.05. The number of rotatable bonds is 0. The van der Waals surface area contributed by atoms with Crippen molar-refractivity contribution in [3.63, 3.8) is 0 Å². The Balaban J connectivity index is 0.000001000. The molecule has 7 heteroatoms. The second-order valence-corrected chi connectivity index (χ2v) is 3.04. The van der Waals surface area contributed by atoms with Crippen molar-refractivity contribution in [3.8, 4) is 0 Å². The van der Waals surface area contributed by atoms with Gasteiger partial charge in [0.1, 0.15) is 5.76 Å². The number of nitrogens with one attached hydrogen (secondary N) is 1. The third-order valence-electron chi connectivity index (χ3n) is 0.801. The van der Waals surface area contributed by atoms with Crippen LogP contribution in [0, 0.1) is 0 Å². The lowest BCUT2D eigenvalue weighted by molar-refractivity contribution is -0.115. The molecular formula is C4H9N2O4S+. The predicted molar refractivity (Wildman–Crippen MR) is 37.9 cm³/mol. The van der Waals surface area contributed by atoms with Gasteiger partial charge in [0.05, 0.1) is 0 Å². The lowest BCUT2D eigenvalue weighted by atomic mass is 10.5. The van der Waals surface area contributed by atoms with Crippen LogP contribution in [0.25, 0.3) is 0 Å². The van der Waals surface area contributed by atoms with Gasteiger partial charge in [-0.15, -0.1) is 0 Å². The molecule has 1 aliphatic heterocycles. The summed E-state index contributed by atoms with van der Waals surface area (Å²) in [5, 5.41) is 0. The second kappa shape index (κ2) is 2.89. The number of carbonyl (C=O) groups excluding carboxylic acids is 1. The topological polar surface area (TPSA) is 109 Å². The molecule has 0 spiro atoms. The zero-order chi connectivity index (χ0) is 7.78. The van der Waals surface area contributed by atoms with Gasteiger partial charge in [-0.2, -0.15) is 8.42 Å². The fraction of sp³-hybridized carbons (Fsp3) is 0.250. The van der Waals surface area contributed by atoms with Crippen LogP contribution in [0.2, 0.25) is 0 Å². The van der Waals surface area contributed by atoms with Crippen molar-refractivity contribution in [2.45, 2.75) is 6.92 Å². The molecule has 0 unspecified atom stereocenters. The molecule has 0 aromatic rings. The second-order valence-electron chi connectivity index (χ2n) is 1.76. The van der Waals surface area contributed by atoms with Crippen LogP contribution in [0.5, 0.6) is 0 Å². The van der Waals surface area contributed by atoms with E-state index in [1.54, 1.807) is 4.72 Å². The molecule has 1 aliphatic rings. The summed E-state index contributed by atoms with van der Waals surface area (Å²) in [5.74, 6) is -0.604. The third-order valence-corrected chi connectivity index (χ3v) is 1.73. The Labute approximate surface area is 64.1 Å². The number of allylic oxidation sites excluding steroid dienone is 1. The number of carbonyl (C=O) groups is 1. The van der Waals surface area contributed by atoms with E-state index in [1.807, 2.05) is 0 Å². The van der Waals surface area contributed by atoms with Crippen LogP contribution in [0.1, 0.15) is 6.92 Å². The first-order valence-electron chi connectivity index (χ1n) is 2.44. The maximum atomic E-state index is 10.5. The lowest BCUT2D eigenvalue weighted by Gasteiger charge is -2.10. The minimum Gasteiger partial charge on any atom is -0.371 e. The highest BCUT2D eigenvalue weighted by atomic mass is 32.2. The largest absolute Gasteiger partial charge is 0.409 e. The summed E-state index contributed by atoms with van der Waals surface area (Å²) in [5.41, 5.74) is 0. The summed E-state index contributed by atoms with van der Waals surface area (Å²) in [6.07, 6.45) is 1.06. The van der Waals surface area contributed by atoms with E-state index in [1.165, 1.54) is 6.92 Å². The van der Waals surface area contributed by atoms with Crippen LogP contribution in [0.15, 0.2) is 11.8 Å². The van der Waals surface area contributed by atoms with Gasteiger partial charge < -0.3 is 10.3 Å². The number of quaternary nitrogens is 1. The van der Waals surface area contributed by atoms with E-state index in [9.17, 15) is 13.2 Å². The molecule has 64 valence electrons. The van der Waals surface area contributed by atoms with E-state index >= 15 is 0 Å². The van der Waals surface area contributed by atoms with Gasteiger partial charge in [0.25, 0.3) is 5.91 Å². The first kappa shape index (κ1) is 9.92. The molecule has 0 aromatic heterocycles. The van der Waals surface area contributed by atoms with Crippen LogP contribution in [-0.2, 0) is 19.3 Å². The minimum absolute atomic E-state index is 0. The Hall–Kier alpha value is -1.08. The first-order valence-corrected chi connectivity index (χ1v) is 3.85. The lowest BCUT2D eigenvalue weighted by Crippen LogP contribution is -2.34. The van der Waals surface area contributed by atoms with Gasteiger partial charge in [0.15, 0.2) is 0 Å². The van der Waals surface area contributed by atoms with Crippen molar-refractivity contribution in [1.29, 1.82) is 0 Å². The van der Waals surface area contributed by atoms with E-state index < -0.39 is 16.2 Å². The van der Waals surface area contributed by atoms with E-state index in [-0.39, 0.29) is 11.9 Å². The fourth-order valence-corrected chi connectivity index (χ4v) is 1.30. The monoisotopic (exact) mass is 181 g/mol. The molecule has 0 aromatic carbocycles. The van der Waals surface area contributed by atoms with Crippen molar-refractivity contribution >= 4 is 16.2 Å². The van der Waals surface area contributed by atoms with Crippen LogP contribution >= 0.6 is 0 Å². The van der Waals surface area contributed by atoms with Crippen LogP contribution in [0.4, 0.5) is 0 Å². The molecule has 6 nitrogen and oxygen atoms in total. The molecule has 0 aliphatic carbocycles. The SMILES string of the molecule is CC1=CC(=O)NS(=O)(=O)O1.[NH4+]. The van der Waals surface area contributed by atoms with Crippen molar-refractivity contribution < 1.29 is 17.4 Å². The minimum atomic E-state index is -3.85. The summed E-state index contributed by atoms with van der Waals surface area (Å²) < 4.78 is 26.8. The zero-order valence-electron chi connectivity index (χ0n) is 6.12. The van der Waals surface area contributed by atoms with Gasteiger partial charge in [0, 0.05) is 6.08 Å². The summed E-state index contributed by atoms with van der Waals surface area (Å²) in [7, 11) is -3.85. The first-order chi connectivity index (χ1) is 4.49. The Kier molecular flexibility index (Phi) is 2.60. The Bertz CT molecular complexity index is 291. The van der Waals surface area contributed by atoms with E-state index in [4.69, 9.17) is 0 Å². The van der Waals surface area contributed by atoms with Gasteiger partial charge in [-0.05, 0) is 6.92 Å². The van der Waals surface area contributed by atoms with E-state index in [0.29, 0.717) is 0 Å². The Morgan fingerprint density at radius 2 is 2.09 bits per heavy atom. The molecule has 0 radical (unpaired) electrons. The molecular weight excluding hydrogens is 172 g/mol. The molecule has 1 rings (SSSR count). The van der Waals surface area contributed by atoms with Crippen molar-refractivity contribution in [3.05, 3.63) is 11.8 Å². The van der Waals surface area contributed by atoms with Crippen molar-refractivity contribution in [1.82, 2.24) is 10.9 Å². The molecule has 11 heavy (non-hydrogen) atoms. The Morgan fingerprint density at radius 1 is 1.55 bits per heavy atom. The quantitative estimate of drug-likeness (QED) is 0.532. The average Bonchev–Trinajstić information content (AvgIpc) is 1.54. The molecule has 0 saturated carbocycles. The molecule has 5 N–H and O–H groups in total. The zero-order valence-corrected chi connectivity index (χ0v) is 6.94. The molecule has 1 heterocycles. The molecule has 1 amide bonds. The van der Waals surface area contributed by atoms with E-state index in [0.717, 1.165) is 6.08 Å². The van der Waals surface area contributed by atoms with Gasteiger partial charge >= 0.3 is 10.3 Å². The highest BCUT2D eigenvalue weighted by molar-refractivity contribution is 7.85. The van der Waals surface area contributed by atoms with Crippen molar-refractivity contribution in [2.24, 2.45) is 0 Å². The molecule has 0 atom stereocenters. The normalized spacial score (nSPS) is 20.5. The number of hydrogen-bond acceptors (Lipinski definition) is 4. The van der Waals surface area contributed by atoms with Gasteiger partial charge in [-0.3, -0.25) is 4.79 Å². The number of hydrogen-bond donors (Lipinski definition) is 2.